The average molecular weight is 319 g/mol. The van der Waals surface area contributed by atoms with Gasteiger partial charge in [0.1, 0.15) is 0 Å². The van der Waals surface area contributed by atoms with Crippen LogP contribution in [-0.2, 0) is 6.42 Å². The van der Waals surface area contributed by atoms with Crippen molar-refractivity contribution in [2.75, 3.05) is 0 Å². The minimum Gasteiger partial charge on any atom is -0.294 e. The van der Waals surface area contributed by atoms with Crippen LogP contribution in [-0.4, -0.2) is 20.4 Å². The van der Waals surface area contributed by atoms with Crippen molar-refractivity contribution in [1.29, 1.82) is 0 Å². The molecule has 4 rings (SSSR count). The summed E-state index contributed by atoms with van der Waals surface area (Å²) in [5.74, 6) is 0.183. The molecule has 0 spiro atoms. The zero-order valence-corrected chi connectivity index (χ0v) is 14.6. The lowest BCUT2D eigenvalue weighted by Gasteiger charge is -2.30. The number of carbonyl (C=O) groups excluding carboxylic acids is 1. The van der Waals surface area contributed by atoms with Gasteiger partial charge in [0.2, 0.25) is 0 Å². The van der Waals surface area contributed by atoms with Crippen molar-refractivity contribution in [3.05, 3.63) is 53.0 Å². The van der Waals surface area contributed by atoms with E-state index in [0.29, 0.717) is 6.42 Å². The Kier molecular flexibility index (Phi) is 3.14. The highest BCUT2D eigenvalue weighted by molar-refractivity contribution is 6.00. The molecule has 122 valence electrons. The van der Waals surface area contributed by atoms with Crippen LogP contribution in [0.5, 0.6) is 0 Å². The molecular formula is C20H21N3O. The Hall–Kier alpha value is -2.49. The highest BCUT2D eigenvalue weighted by atomic mass is 16.1. The van der Waals surface area contributed by atoms with Crippen LogP contribution in [0.15, 0.2) is 30.3 Å². The van der Waals surface area contributed by atoms with Crippen molar-refractivity contribution in [3.8, 4) is 11.1 Å². The summed E-state index contributed by atoms with van der Waals surface area (Å²) in [5.41, 5.74) is 6.49. The molecule has 0 amide bonds. The third-order valence-electron chi connectivity index (χ3n) is 4.84. The number of Topliss-reactive ketones (excluding diaryl/α,β-unsaturated/α-hetero) is 1. The van der Waals surface area contributed by atoms with Crippen LogP contribution >= 0.6 is 0 Å². The smallest absolute Gasteiger partial charge is 0.167 e. The van der Waals surface area contributed by atoms with Crippen LogP contribution < -0.4 is 0 Å². The predicted octanol–water partition coefficient (Wildman–Crippen LogP) is 4.17. The maximum atomic E-state index is 12.6. The van der Waals surface area contributed by atoms with Gasteiger partial charge in [-0.2, -0.15) is 5.10 Å². The molecule has 0 fully saturated rings. The average Bonchev–Trinajstić information content (AvgIpc) is 2.83. The van der Waals surface area contributed by atoms with Gasteiger partial charge < -0.3 is 0 Å². The standard InChI is InChI=1S/C20H21N3O/c1-12-18-15(10-20(3,4)11-16(18)24)23-19(21-12)17(13(2)22-23)14-8-6-5-7-9-14/h5-9H,10-11H2,1-4H3. The van der Waals surface area contributed by atoms with Gasteiger partial charge in [0, 0.05) is 12.0 Å². The molecule has 1 aromatic carbocycles. The Morgan fingerprint density at radius 1 is 1.00 bits per heavy atom. The van der Waals surface area contributed by atoms with Gasteiger partial charge in [-0.25, -0.2) is 9.50 Å². The van der Waals surface area contributed by atoms with Crippen molar-refractivity contribution < 1.29 is 4.79 Å². The normalized spacial score (nSPS) is 16.4. The molecule has 4 heteroatoms. The Labute approximate surface area is 141 Å². The number of carbonyl (C=O) groups is 1. The fourth-order valence-electron chi connectivity index (χ4n) is 3.84. The summed E-state index contributed by atoms with van der Waals surface area (Å²) in [6.07, 6.45) is 1.41. The van der Waals surface area contributed by atoms with Crippen molar-refractivity contribution >= 4 is 11.4 Å². The molecule has 2 aromatic heterocycles. The largest absolute Gasteiger partial charge is 0.294 e. The van der Waals surface area contributed by atoms with Crippen LogP contribution in [0.3, 0.4) is 0 Å². The molecule has 1 aliphatic carbocycles. The van der Waals surface area contributed by atoms with Crippen LogP contribution in [0.25, 0.3) is 16.8 Å². The summed E-state index contributed by atoms with van der Waals surface area (Å²) in [7, 11) is 0. The molecule has 0 N–H and O–H groups in total. The summed E-state index contributed by atoms with van der Waals surface area (Å²) in [5, 5.41) is 4.75. The summed E-state index contributed by atoms with van der Waals surface area (Å²) < 4.78 is 1.90. The summed E-state index contributed by atoms with van der Waals surface area (Å²) in [6.45, 7) is 8.23. The van der Waals surface area contributed by atoms with Gasteiger partial charge in [0.15, 0.2) is 11.4 Å². The summed E-state index contributed by atoms with van der Waals surface area (Å²) >= 11 is 0. The zero-order chi connectivity index (χ0) is 17.1. The molecule has 0 saturated heterocycles. The van der Waals surface area contributed by atoms with Crippen molar-refractivity contribution in [3.63, 3.8) is 0 Å². The number of rotatable bonds is 1. The minimum atomic E-state index is -0.0441. The van der Waals surface area contributed by atoms with E-state index < -0.39 is 0 Å². The molecule has 0 unspecified atom stereocenters. The van der Waals surface area contributed by atoms with Crippen LogP contribution in [0.2, 0.25) is 0 Å². The fourth-order valence-corrected chi connectivity index (χ4v) is 3.84. The number of fused-ring (bicyclic) bond motifs is 3. The highest BCUT2D eigenvalue weighted by Crippen LogP contribution is 2.37. The number of aromatic nitrogens is 3. The highest BCUT2D eigenvalue weighted by Gasteiger charge is 2.35. The van der Waals surface area contributed by atoms with Crippen LogP contribution in [0, 0.1) is 19.3 Å². The van der Waals surface area contributed by atoms with E-state index in [0.717, 1.165) is 45.8 Å². The third kappa shape index (κ3) is 2.17. The van der Waals surface area contributed by atoms with E-state index in [4.69, 9.17) is 10.1 Å². The molecular weight excluding hydrogens is 298 g/mol. The van der Waals surface area contributed by atoms with E-state index in [1.54, 1.807) is 0 Å². The van der Waals surface area contributed by atoms with E-state index in [1.807, 2.05) is 36.6 Å². The fraction of sp³-hybridized carbons (Fsp3) is 0.350. The second kappa shape index (κ2) is 5.00. The monoisotopic (exact) mass is 319 g/mol. The Morgan fingerprint density at radius 3 is 2.42 bits per heavy atom. The second-order valence-corrected chi connectivity index (χ2v) is 7.52. The molecule has 24 heavy (non-hydrogen) atoms. The van der Waals surface area contributed by atoms with E-state index in [1.165, 1.54) is 0 Å². The van der Waals surface area contributed by atoms with Gasteiger partial charge in [0.05, 0.1) is 22.6 Å². The molecule has 0 aliphatic heterocycles. The topological polar surface area (TPSA) is 47.3 Å². The van der Waals surface area contributed by atoms with Crippen molar-refractivity contribution in [2.45, 2.75) is 40.5 Å². The first-order valence-corrected chi connectivity index (χ1v) is 8.35. The molecule has 2 heterocycles. The van der Waals surface area contributed by atoms with Crippen molar-refractivity contribution in [2.24, 2.45) is 5.41 Å². The molecule has 4 nitrogen and oxygen atoms in total. The first-order chi connectivity index (χ1) is 11.4. The van der Waals surface area contributed by atoms with Gasteiger partial charge in [0.25, 0.3) is 0 Å². The number of nitrogens with zero attached hydrogens (tertiary/aromatic N) is 3. The van der Waals surface area contributed by atoms with Gasteiger partial charge in [-0.3, -0.25) is 4.79 Å². The van der Waals surface area contributed by atoms with E-state index in [2.05, 4.69) is 26.0 Å². The first kappa shape index (κ1) is 15.1. The summed E-state index contributed by atoms with van der Waals surface area (Å²) in [6, 6.07) is 10.2. The van der Waals surface area contributed by atoms with Gasteiger partial charge in [-0.15, -0.1) is 0 Å². The van der Waals surface area contributed by atoms with Crippen LogP contribution in [0.4, 0.5) is 0 Å². The molecule has 0 bridgehead atoms. The molecule has 0 atom stereocenters. The lowest BCUT2D eigenvalue weighted by atomic mass is 9.75. The second-order valence-electron chi connectivity index (χ2n) is 7.52. The summed E-state index contributed by atoms with van der Waals surface area (Å²) in [4.78, 5) is 17.4. The zero-order valence-electron chi connectivity index (χ0n) is 14.6. The van der Waals surface area contributed by atoms with Gasteiger partial charge in [-0.05, 0) is 31.2 Å². The van der Waals surface area contributed by atoms with E-state index >= 15 is 0 Å². The van der Waals surface area contributed by atoms with Gasteiger partial charge >= 0.3 is 0 Å². The Morgan fingerprint density at radius 2 is 1.71 bits per heavy atom. The lowest BCUT2D eigenvalue weighted by molar-refractivity contribution is 0.0907. The maximum Gasteiger partial charge on any atom is 0.167 e. The SMILES string of the molecule is Cc1nc2c(-c3ccccc3)c(C)nn2c2c1C(=O)CC(C)(C)C2. The van der Waals surface area contributed by atoms with E-state index in [9.17, 15) is 4.79 Å². The quantitative estimate of drug-likeness (QED) is 0.676. The van der Waals surface area contributed by atoms with Crippen LogP contribution in [0.1, 0.15) is 47.7 Å². The first-order valence-electron chi connectivity index (χ1n) is 8.35. The van der Waals surface area contributed by atoms with Gasteiger partial charge in [-0.1, -0.05) is 44.2 Å². The Balaban J connectivity index is 2.06. The van der Waals surface area contributed by atoms with E-state index in [-0.39, 0.29) is 11.2 Å². The number of ketones is 1. The minimum absolute atomic E-state index is 0.0441. The number of aryl methyl sites for hydroxylation is 2. The molecule has 0 radical (unpaired) electrons. The van der Waals surface area contributed by atoms with Crippen molar-refractivity contribution in [1.82, 2.24) is 14.6 Å². The maximum absolute atomic E-state index is 12.6. The Bertz CT molecular complexity index is 968. The number of hydrogen-bond donors (Lipinski definition) is 0. The molecule has 0 saturated carbocycles. The third-order valence-corrected chi connectivity index (χ3v) is 4.84. The molecule has 3 aromatic rings. The predicted molar refractivity (Wildman–Crippen MR) is 94.3 cm³/mol. The molecule has 1 aliphatic rings. The number of hydrogen-bond acceptors (Lipinski definition) is 3. The number of benzene rings is 1. The lowest BCUT2D eigenvalue weighted by Crippen LogP contribution is -2.30.